The standard InChI is InChI=1S/C14H15F3S/c1-18(2)13-8-7-10(9-14(15,16)17)11-5-3-4-6-12(11)13/h3-8,18H,9H2,1-2H3. The number of thiol groups is 1. The number of fused-ring (bicyclic) bond motifs is 1. The largest absolute Gasteiger partial charge is 0.393 e. The summed E-state index contributed by atoms with van der Waals surface area (Å²) < 4.78 is 37.6. The van der Waals surface area contributed by atoms with Crippen LogP contribution in [-0.2, 0) is 6.42 Å². The second-order valence-electron chi connectivity index (χ2n) is 4.48. The molecule has 0 fully saturated rings. The van der Waals surface area contributed by atoms with Gasteiger partial charge in [0.1, 0.15) is 0 Å². The fourth-order valence-corrected chi connectivity index (χ4v) is 3.16. The van der Waals surface area contributed by atoms with Crippen LogP contribution in [0.2, 0.25) is 0 Å². The van der Waals surface area contributed by atoms with E-state index >= 15 is 0 Å². The molecule has 0 nitrogen and oxygen atoms in total. The van der Waals surface area contributed by atoms with Gasteiger partial charge in [0.25, 0.3) is 0 Å². The van der Waals surface area contributed by atoms with Gasteiger partial charge < -0.3 is 0 Å². The molecule has 0 aliphatic carbocycles. The average molecular weight is 272 g/mol. The molecule has 0 aromatic heterocycles. The van der Waals surface area contributed by atoms with E-state index in [0.29, 0.717) is 5.56 Å². The van der Waals surface area contributed by atoms with Gasteiger partial charge in [0.05, 0.1) is 6.42 Å². The maximum atomic E-state index is 12.5. The number of alkyl halides is 3. The third-order valence-electron chi connectivity index (χ3n) is 2.86. The van der Waals surface area contributed by atoms with Crippen LogP contribution in [0.15, 0.2) is 41.3 Å². The zero-order valence-corrected chi connectivity index (χ0v) is 11.1. The molecule has 2 rings (SSSR count). The van der Waals surface area contributed by atoms with Gasteiger partial charge in [-0.2, -0.15) is 13.2 Å². The van der Waals surface area contributed by atoms with E-state index in [4.69, 9.17) is 0 Å². The van der Waals surface area contributed by atoms with Crippen LogP contribution < -0.4 is 0 Å². The molecule has 0 aliphatic rings. The first kappa shape index (κ1) is 13.3. The SMILES string of the molecule is C[SH](C)c1ccc(CC(F)(F)F)c2ccccc12. The van der Waals surface area contributed by atoms with E-state index in [-0.39, 0.29) is 10.9 Å². The highest BCUT2D eigenvalue weighted by molar-refractivity contribution is 8.16. The molecule has 0 radical (unpaired) electrons. The lowest BCUT2D eigenvalue weighted by molar-refractivity contribution is -0.127. The number of benzene rings is 2. The van der Waals surface area contributed by atoms with Gasteiger partial charge in [-0.15, -0.1) is 0 Å². The highest BCUT2D eigenvalue weighted by atomic mass is 32.2. The van der Waals surface area contributed by atoms with Crippen molar-refractivity contribution in [2.75, 3.05) is 12.5 Å². The van der Waals surface area contributed by atoms with Crippen LogP contribution in [0, 0.1) is 0 Å². The molecular formula is C14H15F3S. The van der Waals surface area contributed by atoms with E-state index in [1.165, 1.54) is 0 Å². The van der Waals surface area contributed by atoms with Gasteiger partial charge in [-0.1, -0.05) is 30.3 Å². The molecule has 0 heterocycles. The molecule has 18 heavy (non-hydrogen) atoms. The Morgan fingerprint density at radius 2 is 1.56 bits per heavy atom. The Bertz CT molecular complexity index is 558. The zero-order chi connectivity index (χ0) is 13.3. The lowest BCUT2D eigenvalue weighted by Gasteiger charge is -2.16. The van der Waals surface area contributed by atoms with Crippen LogP contribution in [0.3, 0.4) is 0 Å². The van der Waals surface area contributed by atoms with Crippen molar-refractivity contribution >= 4 is 21.7 Å². The topological polar surface area (TPSA) is 0 Å². The zero-order valence-electron chi connectivity index (χ0n) is 10.3. The Labute approximate surface area is 107 Å². The second kappa shape index (κ2) is 4.84. The Balaban J connectivity index is 2.61. The molecule has 2 aromatic carbocycles. The summed E-state index contributed by atoms with van der Waals surface area (Å²) in [5.74, 6) is 0. The Kier molecular flexibility index (Phi) is 3.57. The summed E-state index contributed by atoms with van der Waals surface area (Å²) in [6, 6.07) is 10.8. The second-order valence-corrected chi connectivity index (χ2v) is 6.75. The molecule has 98 valence electrons. The molecule has 0 bridgehead atoms. The Morgan fingerprint density at radius 1 is 0.944 bits per heavy atom. The summed E-state index contributed by atoms with van der Waals surface area (Å²) in [7, 11) is -0.322. The van der Waals surface area contributed by atoms with Gasteiger partial charge in [-0.25, -0.2) is 10.9 Å². The smallest absolute Gasteiger partial charge is 0.232 e. The summed E-state index contributed by atoms with van der Waals surface area (Å²) in [4.78, 5) is 1.16. The normalized spacial score (nSPS) is 12.8. The predicted molar refractivity (Wildman–Crippen MR) is 72.8 cm³/mol. The first-order valence-corrected chi connectivity index (χ1v) is 7.87. The van der Waals surface area contributed by atoms with Crippen LogP contribution in [-0.4, -0.2) is 18.7 Å². The first-order chi connectivity index (χ1) is 8.38. The molecule has 2 aromatic rings. The molecule has 0 aliphatic heterocycles. The van der Waals surface area contributed by atoms with Crippen molar-refractivity contribution in [3.63, 3.8) is 0 Å². The maximum Gasteiger partial charge on any atom is 0.393 e. The highest BCUT2D eigenvalue weighted by Crippen LogP contribution is 2.37. The average Bonchev–Trinajstić information content (AvgIpc) is 2.27. The predicted octanol–water partition coefficient (Wildman–Crippen LogP) is 4.56. The van der Waals surface area contributed by atoms with Gasteiger partial charge in [0.15, 0.2) is 0 Å². The summed E-state index contributed by atoms with van der Waals surface area (Å²) in [6.07, 6.45) is -0.798. The minimum Gasteiger partial charge on any atom is -0.232 e. The van der Waals surface area contributed by atoms with Crippen molar-refractivity contribution in [2.24, 2.45) is 0 Å². The van der Waals surface area contributed by atoms with Crippen molar-refractivity contribution in [1.29, 1.82) is 0 Å². The van der Waals surface area contributed by atoms with Crippen molar-refractivity contribution in [2.45, 2.75) is 17.5 Å². The fourth-order valence-electron chi connectivity index (χ4n) is 2.11. The number of hydrogen-bond donors (Lipinski definition) is 1. The van der Waals surface area contributed by atoms with Crippen LogP contribution in [0.4, 0.5) is 13.2 Å². The molecule has 0 saturated heterocycles. The third-order valence-corrected chi connectivity index (χ3v) is 4.22. The van der Waals surface area contributed by atoms with E-state index in [0.717, 1.165) is 15.7 Å². The number of hydrogen-bond acceptors (Lipinski definition) is 0. The lowest BCUT2D eigenvalue weighted by Crippen LogP contribution is -2.11. The van der Waals surface area contributed by atoms with E-state index in [1.807, 2.05) is 18.2 Å². The van der Waals surface area contributed by atoms with Crippen molar-refractivity contribution in [3.8, 4) is 0 Å². The fraction of sp³-hybridized carbons (Fsp3) is 0.286. The summed E-state index contributed by atoms with van der Waals surface area (Å²) in [6.45, 7) is 0. The van der Waals surface area contributed by atoms with E-state index in [1.54, 1.807) is 18.2 Å². The van der Waals surface area contributed by atoms with Crippen molar-refractivity contribution in [3.05, 3.63) is 42.0 Å². The monoisotopic (exact) mass is 272 g/mol. The first-order valence-electron chi connectivity index (χ1n) is 5.63. The van der Waals surface area contributed by atoms with Gasteiger partial charge in [0.2, 0.25) is 0 Å². The summed E-state index contributed by atoms with van der Waals surface area (Å²) in [5, 5.41) is 1.68. The van der Waals surface area contributed by atoms with Crippen LogP contribution >= 0.6 is 10.9 Å². The van der Waals surface area contributed by atoms with E-state index < -0.39 is 12.6 Å². The van der Waals surface area contributed by atoms with E-state index in [2.05, 4.69) is 12.5 Å². The van der Waals surface area contributed by atoms with E-state index in [9.17, 15) is 13.2 Å². The molecular weight excluding hydrogens is 257 g/mol. The molecule has 0 amide bonds. The molecule has 0 saturated carbocycles. The minimum absolute atomic E-state index is 0.322. The lowest BCUT2D eigenvalue weighted by atomic mass is 10.0. The van der Waals surface area contributed by atoms with Gasteiger partial charge in [-0.3, -0.25) is 0 Å². The molecule has 4 heteroatoms. The van der Waals surface area contributed by atoms with Crippen molar-refractivity contribution in [1.82, 2.24) is 0 Å². The van der Waals surface area contributed by atoms with Crippen molar-refractivity contribution < 1.29 is 13.2 Å². The molecule has 0 unspecified atom stereocenters. The van der Waals surface area contributed by atoms with Gasteiger partial charge in [0, 0.05) is 0 Å². The van der Waals surface area contributed by atoms with Crippen LogP contribution in [0.5, 0.6) is 0 Å². The summed E-state index contributed by atoms with van der Waals surface area (Å²) in [5.41, 5.74) is 0.360. The van der Waals surface area contributed by atoms with Gasteiger partial charge in [-0.05, 0) is 39.8 Å². The molecule has 0 N–H and O–H groups in total. The third kappa shape index (κ3) is 2.80. The Hall–Kier alpha value is -1.16. The quantitative estimate of drug-likeness (QED) is 0.761. The Morgan fingerprint density at radius 3 is 2.11 bits per heavy atom. The minimum atomic E-state index is -4.16. The number of halogens is 3. The number of rotatable bonds is 2. The van der Waals surface area contributed by atoms with Crippen LogP contribution in [0.1, 0.15) is 5.56 Å². The molecule has 0 atom stereocenters. The van der Waals surface area contributed by atoms with Crippen LogP contribution in [0.25, 0.3) is 10.8 Å². The summed E-state index contributed by atoms with van der Waals surface area (Å²) >= 11 is 0. The van der Waals surface area contributed by atoms with Gasteiger partial charge >= 0.3 is 6.18 Å². The highest BCUT2D eigenvalue weighted by Gasteiger charge is 2.28. The maximum absolute atomic E-state index is 12.5. The molecule has 0 spiro atoms.